The maximum atomic E-state index is 5.74. The summed E-state index contributed by atoms with van der Waals surface area (Å²) in [6, 6.07) is 1.34. The van der Waals surface area contributed by atoms with Crippen molar-refractivity contribution < 1.29 is 4.74 Å². The molecule has 1 N–H and O–H groups in total. The van der Waals surface area contributed by atoms with Crippen LogP contribution in [0.2, 0.25) is 0 Å². The molecule has 0 radical (unpaired) electrons. The third-order valence-electron chi connectivity index (χ3n) is 3.81. The largest absolute Gasteiger partial charge is 0.377 e. The lowest BCUT2D eigenvalue weighted by Crippen LogP contribution is -2.44. The summed E-state index contributed by atoms with van der Waals surface area (Å²) >= 11 is 0. The molecule has 2 unspecified atom stereocenters. The first kappa shape index (κ1) is 12.3. The van der Waals surface area contributed by atoms with Crippen molar-refractivity contribution in [1.82, 2.24) is 10.2 Å². The van der Waals surface area contributed by atoms with Crippen LogP contribution < -0.4 is 5.32 Å². The average molecular weight is 226 g/mol. The van der Waals surface area contributed by atoms with Crippen LogP contribution in [0.15, 0.2) is 0 Å². The van der Waals surface area contributed by atoms with Crippen LogP contribution in [0.25, 0.3) is 0 Å². The Hall–Kier alpha value is -0.120. The topological polar surface area (TPSA) is 24.5 Å². The van der Waals surface area contributed by atoms with Crippen molar-refractivity contribution in [3.8, 4) is 0 Å². The van der Waals surface area contributed by atoms with Crippen molar-refractivity contribution in [2.75, 3.05) is 26.2 Å². The summed E-state index contributed by atoms with van der Waals surface area (Å²) in [5, 5.41) is 3.58. The Kier molecular flexibility index (Phi) is 4.62. The third kappa shape index (κ3) is 3.44. The molecule has 0 spiro atoms. The first-order valence-corrected chi connectivity index (χ1v) is 6.84. The normalized spacial score (nSPS) is 30.8. The van der Waals surface area contributed by atoms with Crippen molar-refractivity contribution >= 4 is 0 Å². The Labute approximate surface area is 99.5 Å². The van der Waals surface area contributed by atoms with Gasteiger partial charge in [-0.05, 0) is 46.1 Å². The summed E-state index contributed by atoms with van der Waals surface area (Å²) < 4.78 is 5.74. The molecule has 2 heterocycles. The maximum Gasteiger partial charge on any atom is 0.0702 e. The van der Waals surface area contributed by atoms with Crippen molar-refractivity contribution in [1.29, 1.82) is 0 Å². The lowest BCUT2D eigenvalue weighted by Gasteiger charge is -2.31. The van der Waals surface area contributed by atoms with E-state index in [2.05, 4.69) is 24.1 Å². The second-order valence-corrected chi connectivity index (χ2v) is 5.48. The molecule has 0 aromatic carbocycles. The molecule has 0 amide bonds. The molecular weight excluding hydrogens is 200 g/mol. The summed E-state index contributed by atoms with van der Waals surface area (Å²) in [7, 11) is 0. The van der Waals surface area contributed by atoms with Crippen molar-refractivity contribution in [2.45, 2.75) is 57.7 Å². The molecule has 2 aliphatic rings. The van der Waals surface area contributed by atoms with Crippen LogP contribution in [0.1, 0.15) is 39.5 Å². The summed E-state index contributed by atoms with van der Waals surface area (Å²) in [6.07, 6.45) is 5.68. The molecule has 3 nitrogen and oxygen atoms in total. The Morgan fingerprint density at radius 3 is 2.69 bits per heavy atom. The summed E-state index contributed by atoms with van der Waals surface area (Å²) in [5.74, 6) is 0. The van der Waals surface area contributed by atoms with E-state index in [1.165, 1.54) is 38.8 Å². The number of rotatable bonds is 5. The van der Waals surface area contributed by atoms with Gasteiger partial charge in [0.05, 0.1) is 6.10 Å². The molecule has 2 saturated heterocycles. The fraction of sp³-hybridized carbons (Fsp3) is 1.00. The molecule has 0 aromatic rings. The smallest absolute Gasteiger partial charge is 0.0702 e. The lowest BCUT2D eigenvalue weighted by atomic mass is 10.1. The first-order chi connectivity index (χ1) is 7.75. The summed E-state index contributed by atoms with van der Waals surface area (Å²) in [6.45, 7) is 9.08. The monoisotopic (exact) mass is 226 g/mol. The SMILES string of the molecule is CC(C)N(CC1CCCN1)CC1CCCO1. The number of hydrogen-bond acceptors (Lipinski definition) is 3. The molecule has 0 saturated carbocycles. The van der Waals surface area contributed by atoms with Gasteiger partial charge in [-0.25, -0.2) is 0 Å². The van der Waals surface area contributed by atoms with Crippen molar-refractivity contribution in [2.24, 2.45) is 0 Å². The van der Waals surface area contributed by atoms with Crippen LogP contribution >= 0.6 is 0 Å². The highest BCUT2D eigenvalue weighted by atomic mass is 16.5. The minimum absolute atomic E-state index is 0.490. The van der Waals surface area contributed by atoms with E-state index in [9.17, 15) is 0 Å². The van der Waals surface area contributed by atoms with Gasteiger partial charge in [0.15, 0.2) is 0 Å². The van der Waals surface area contributed by atoms with E-state index in [4.69, 9.17) is 4.74 Å². The number of ether oxygens (including phenoxy) is 1. The molecule has 2 atom stereocenters. The molecule has 2 fully saturated rings. The van der Waals surface area contributed by atoms with Gasteiger partial charge in [-0.2, -0.15) is 0 Å². The van der Waals surface area contributed by atoms with Crippen LogP contribution in [0.5, 0.6) is 0 Å². The van der Waals surface area contributed by atoms with E-state index in [-0.39, 0.29) is 0 Å². The van der Waals surface area contributed by atoms with Crippen molar-refractivity contribution in [3.05, 3.63) is 0 Å². The highest BCUT2D eigenvalue weighted by molar-refractivity contribution is 4.81. The van der Waals surface area contributed by atoms with Gasteiger partial charge in [0.25, 0.3) is 0 Å². The van der Waals surface area contributed by atoms with E-state index in [1.807, 2.05) is 0 Å². The quantitative estimate of drug-likeness (QED) is 0.771. The Bertz CT molecular complexity index is 178. The lowest BCUT2D eigenvalue weighted by molar-refractivity contribution is 0.0592. The number of nitrogens with one attached hydrogen (secondary N) is 1. The second-order valence-electron chi connectivity index (χ2n) is 5.48. The molecule has 0 aliphatic carbocycles. The average Bonchev–Trinajstić information content (AvgIpc) is 2.88. The molecule has 2 rings (SSSR count). The Morgan fingerprint density at radius 2 is 2.12 bits per heavy atom. The van der Waals surface area contributed by atoms with E-state index >= 15 is 0 Å². The van der Waals surface area contributed by atoms with Crippen molar-refractivity contribution in [3.63, 3.8) is 0 Å². The standard InChI is InChI=1S/C13H26N2O/c1-11(2)15(9-12-5-3-7-14-12)10-13-6-4-8-16-13/h11-14H,3-10H2,1-2H3. The van der Waals surface area contributed by atoms with E-state index < -0.39 is 0 Å². The van der Waals surface area contributed by atoms with Crippen LogP contribution in [0.4, 0.5) is 0 Å². The van der Waals surface area contributed by atoms with Crippen LogP contribution in [-0.2, 0) is 4.74 Å². The predicted octanol–water partition coefficient (Wildman–Crippen LogP) is 1.63. The van der Waals surface area contributed by atoms with Gasteiger partial charge >= 0.3 is 0 Å². The highest BCUT2D eigenvalue weighted by Gasteiger charge is 2.24. The summed E-state index contributed by atoms with van der Waals surface area (Å²) in [4.78, 5) is 2.58. The molecule has 0 aromatic heterocycles. The fourth-order valence-corrected chi connectivity index (χ4v) is 2.74. The Morgan fingerprint density at radius 1 is 1.25 bits per heavy atom. The van der Waals surface area contributed by atoms with E-state index in [0.29, 0.717) is 18.2 Å². The first-order valence-electron chi connectivity index (χ1n) is 6.84. The molecule has 94 valence electrons. The molecule has 3 heteroatoms. The molecule has 0 bridgehead atoms. The second kappa shape index (κ2) is 5.99. The fourth-order valence-electron chi connectivity index (χ4n) is 2.74. The highest BCUT2D eigenvalue weighted by Crippen LogP contribution is 2.16. The van der Waals surface area contributed by atoms with Gasteiger partial charge in [0, 0.05) is 31.8 Å². The van der Waals surface area contributed by atoms with Crippen LogP contribution in [-0.4, -0.2) is 49.3 Å². The minimum Gasteiger partial charge on any atom is -0.377 e. The van der Waals surface area contributed by atoms with Crippen LogP contribution in [0.3, 0.4) is 0 Å². The van der Waals surface area contributed by atoms with E-state index in [1.54, 1.807) is 0 Å². The maximum absolute atomic E-state index is 5.74. The van der Waals surface area contributed by atoms with Gasteiger partial charge in [-0.1, -0.05) is 0 Å². The number of nitrogens with zero attached hydrogens (tertiary/aromatic N) is 1. The Balaban J connectivity index is 1.78. The summed E-state index contributed by atoms with van der Waals surface area (Å²) in [5.41, 5.74) is 0. The molecular formula is C13H26N2O. The van der Waals surface area contributed by atoms with Gasteiger partial charge < -0.3 is 10.1 Å². The zero-order valence-corrected chi connectivity index (χ0v) is 10.7. The minimum atomic E-state index is 0.490. The van der Waals surface area contributed by atoms with Gasteiger partial charge in [-0.15, -0.1) is 0 Å². The van der Waals surface area contributed by atoms with Gasteiger partial charge in [-0.3, -0.25) is 4.90 Å². The third-order valence-corrected chi connectivity index (χ3v) is 3.81. The zero-order chi connectivity index (χ0) is 11.4. The predicted molar refractivity (Wildman–Crippen MR) is 66.7 cm³/mol. The molecule has 2 aliphatic heterocycles. The number of hydrogen-bond donors (Lipinski definition) is 1. The van der Waals surface area contributed by atoms with Gasteiger partial charge in [0.1, 0.15) is 0 Å². The van der Waals surface area contributed by atoms with Gasteiger partial charge in [0.2, 0.25) is 0 Å². The molecule has 16 heavy (non-hydrogen) atoms. The van der Waals surface area contributed by atoms with E-state index in [0.717, 1.165) is 13.2 Å². The van der Waals surface area contributed by atoms with Crippen LogP contribution in [0, 0.1) is 0 Å². The zero-order valence-electron chi connectivity index (χ0n) is 10.7.